The number of carbonyl (C=O) groups is 1. The lowest BCUT2D eigenvalue weighted by Gasteiger charge is -2.09. The molecule has 0 saturated heterocycles. The molecule has 0 aliphatic carbocycles. The highest BCUT2D eigenvalue weighted by Gasteiger charge is 2.02. The van der Waals surface area contributed by atoms with Crippen molar-refractivity contribution >= 4 is 16.3 Å². The number of allylic oxidation sites excluding steroid dienone is 2. The highest BCUT2D eigenvalue weighted by molar-refractivity contribution is 7.80. The standard InChI is InChI=1S/C20H39NO.CH4O4S/c1-4-5-6-7-8-9-10-11-12-13-14-15-16-17-18-19-20(22)21(2)3;1-5-6(2,3)4/h11-12H,4-10,13-19H2,1-3H3;1H3,(H,2,3,4)/b12-11-;. The molecule has 0 atom stereocenters. The quantitative estimate of drug-likeness (QED) is 0.201. The second kappa shape index (κ2) is 20.8. The van der Waals surface area contributed by atoms with Gasteiger partial charge in [0.2, 0.25) is 5.91 Å². The van der Waals surface area contributed by atoms with E-state index < -0.39 is 10.4 Å². The van der Waals surface area contributed by atoms with E-state index in [9.17, 15) is 13.2 Å². The molecule has 0 aliphatic heterocycles. The first kappa shape index (κ1) is 29.3. The monoisotopic (exact) mass is 421 g/mol. The zero-order chi connectivity index (χ0) is 21.7. The predicted octanol–water partition coefficient (Wildman–Crippen LogP) is 5.55. The van der Waals surface area contributed by atoms with Gasteiger partial charge in [0.1, 0.15) is 0 Å². The molecule has 0 saturated carbocycles. The number of carbonyl (C=O) groups excluding carboxylic acids is 1. The number of hydrogen-bond donors (Lipinski definition) is 1. The van der Waals surface area contributed by atoms with Crippen LogP contribution in [0, 0.1) is 0 Å². The Labute approximate surface area is 173 Å². The molecular weight excluding hydrogens is 378 g/mol. The molecule has 0 spiro atoms. The van der Waals surface area contributed by atoms with Crippen molar-refractivity contribution < 1.29 is 21.9 Å². The molecule has 0 rings (SSSR count). The SMILES string of the molecule is CCCCCCCC/C=C\CCCCCCCC(=O)N(C)C.COS(=O)(=O)O. The summed E-state index contributed by atoms with van der Waals surface area (Å²) in [6.07, 6.45) is 22.4. The Morgan fingerprint density at radius 2 is 1.25 bits per heavy atom. The van der Waals surface area contributed by atoms with E-state index in [-0.39, 0.29) is 5.91 Å². The van der Waals surface area contributed by atoms with E-state index in [1.807, 2.05) is 14.1 Å². The van der Waals surface area contributed by atoms with Gasteiger partial charge in [-0.25, -0.2) is 0 Å². The maximum atomic E-state index is 11.4. The minimum absolute atomic E-state index is 0.262. The molecular formula is C21H43NO5S. The molecule has 1 N–H and O–H groups in total. The third-order valence-electron chi connectivity index (χ3n) is 4.36. The fourth-order valence-corrected chi connectivity index (χ4v) is 2.57. The lowest BCUT2D eigenvalue weighted by Crippen LogP contribution is -2.20. The molecule has 0 unspecified atom stereocenters. The van der Waals surface area contributed by atoms with Crippen molar-refractivity contribution in [3.8, 4) is 0 Å². The summed E-state index contributed by atoms with van der Waals surface area (Å²) in [5.41, 5.74) is 0. The zero-order valence-electron chi connectivity index (χ0n) is 18.5. The molecule has 0 fully saturated rings. The third-order valence-corrected chi connectivity index (χ3v) is 4.78. The number of nitrogens with zero attached hydrogens (tertiary/aromatic N) is 1. The van der Waals surface area contributed by atoms with Crippen molar-refractivity contribution in [2.45, 2.75) is 96.8 Å². The Morgan fingerprint density at radius 1 is 0.857 bits per heavy atom. The first-order valence-electron chi connectivity index (χ1n) is 10.6. The van der Waals surface area contributed by atoms with Crippen LogP contribution in [0.5, 0.6) is 0 Å². The van der Waals surface area contributed by atoms with Crippen LogP contribution in [0.25, 0.3) is 0 Å². The average molecular weight is 422 g/mol. The van der Waals surface area contributed by atoms with E-state index in [1.165, 1.54) is 77.0 Å². The van der Waals surface area contributed by atoms with Crippen LogP contribution < -0.4 is 0 Å². The van der Waals surface area contributed by atoms with Crippen molar-refractivity contribution in [1.29, 1.82) is 0 Å². The van der Waals surface area contributed by atoms with Gasteiger partial charge in [0.15, 0.2) is 0 Å². The number of rotatable bonds is 16. The van der Waals surface area contributed by atoms with E-state index in [0.717, 1.165) is 13.5 Å². The van der Waals surface area contributed by atoms with Gasteiger partial charge in [0, 0.05) is 20.5 Å². The van der Waals surface area contributed by atoms with Crippen LogP contribution in [0.3, 0.4) is 0 Å². The topological polar surface area (TPSA) is 83.9 Å². The van der Waals surface area contributed by atoms with Crippen LogP contribution in [-0.4, -0.2) is 45.0 Å². The van der Waals surface area contributed by atoms with Gasteiger partial charge in [-0.05, 0) is 32.1 Å². The summed E-state index contributed by atoms with van der Waals surface area (Å²) in [5.74, 6) is 0.262. The molecule has 0 heterocycles. The predicted molar refractivity (Wildman–Crippen MR) is 117 cm³/mol. The van der Waals surface area contributed by atoms with E-state index in [0.29, 0.717) is 6.42 Å². The number of hydrogen-bond acceptors (Lipinski definition) is 4. The summed E-state index contributed by atoms with van der Waals surface area (Å²) in [4.78, 5) is 13.1. The highest BCUT2D eigenvalue weighted by Crippen LogP contribution is 2.10. The molecule has 0 aliphatic rings. The Morgan fingerprint density at radius 3 is 1.64 bits per heavy atom. The summed E-state index contributed by atoms with van der Waals surface area (Å²) in [6, 6.07) is 0. The fourth-order valence-electron chi connectivity index (χ4n) is 2.57. The van der Waals surface area contributed by atoms with Gasteiger partial charge in [0.05, 0.1) is 7.11 Å². The summed E-state index contributed by atoms with van der Waals surface area (Å²) < 4.78 is 29.7. The second-order valence-electron chi connectivity index (χ2n) is 7.22. The zero-order valence-corrected chi connectivity index (χ0v) is 19.3. The van der Waals surface area contributed by atoms with Crippen molar-refractivity contribution in [3.63, 3.8) is 0 Å². The largest absolute Gasteiger partial charge is 0.397 e. The van der Waals surface area contributed by atoms with E-state index >= 15 is 0 Å². The van der Waals surface area contributed by atoms with Crippen molar-refractivity contribution in [3.05, 3.63) is 12.2 Å². The van der Waals surface area contributed by atoms with Gasteiger partial charge in [-0.1, -0.05) is 70.4 Å². The van der Waals surface area contributed by atoms with Crippen LogP contribution >= 0.6 is 0 Å². The van der Waals surface area contributed by atoms with E-state index in [4.69, 9.17) is 4.55 Å². The normalized spacial score (nSPS) is 11.3. The maximum Gasteiger partial charge on any atom is 0.397 e. The van der Waals surface area contributed by atoms with Crippen LogP contribution in [0.4, 0.5) is 0 Å². The Kier molecular flexibility index (Phi) is 21.8. The Balaban J connectivity index is 0. The van der Waals surface area contributed by atoms with Gasteiger partial charge in [-0.15, -0.1) is 0 Å². The molecule has 0 aromatic rings. The van der Waals surface area contributed by atoms with Gasteiger partial charge >= 0.3 is 10.4 Å². The van der Waals surface area contributed by atoms with E-state index in [1.54, 1.807) is 4.90 Å². The van der Waals surface area contributed by atoms with Crippen molar-refractivity contribution in [2.75, 3.05) is 21.2 Å². The number of unbranched alkanes of at least 4 members (excludes halogenated alkanes) is 11. The van der Waals surface area contributed by atoms with Gasteiger partial charge in [0.25, 0.3) is 0 Å². The van der Waals surface area contributed by atoms with Crippen LogP contribution in [0.15, 0.2) is 12.2 Å². The van der Waals surface area contributed by atoms with Gasteiger partial charge < -0.3 is 4.90 Å². The smallest absolute Gasteiger partial charge is 0.349 e. The minimum Gasteiger partial charge on any atom is -0.349 e. The van der Waals surface area contributed by atoms with E-state index in [2.05, 4.69) is 23.3 Å². The Hall–Kier alpha value is -0.920. The lowest BCUT2D eigenvalue weighted by molar-refractivity contribution is -0.128. The first-order chi connectivity index (χ1) is 13.2. The van der Waals surface area contributed by atoms with Gasteiger partial charge in [-0.2, -0.15) is 8.42 Å². The average Bonchev–Trinajstić information content (AvgIpc) is 2.64. The molecule has 1 amide bonds. The maximum absolute atomic E-state index is 11.4. The molecule has 0 bridgehead atoms. The molecule has 0 aromatic heterocycles. The molecule has 28 heavy (non-hydrogen) atoms. The van der Waals surface area contributed by atoms with Gasteiger partial charge in [-0.3, -0.25) is 13.5 Å². The first-order valence-corrected chi connectivity index (χ1v) is 12.0. The number of amides is 1. The third kappa shape index (κ3) is 27.3. The Bertz CT molecular complexity index is 475. The molecule has 0 radical (unpaired) electrons. The van der Waals surface area contributed by atoms with Crippen LogP contribution in [0.2, 0.25) is 0 Å². The molecule has 7 heteroatoms. The molecule has 0 aromatic carbocycles. The minimum atomic E-state index is -4.16. The van der Waals surface area contributed by atoms with Crippen LogP contribution in [-0.2, 0) is 19.4 Å². The molecule has 6 nitrogen and oxygen atoms in total. The fraction of sp³-hybridized carbons (Fsp3) is 0.857. The van der Waals surface area contributed by atoms with Crippen LogP contribution in [0.1, 0.15) is 96.8 Å². The highest BCUT2D eigenvalue weighted by atomic mass is 32.3. The summed E-state index contributed by atoms with van der Waals surface area (Å²) in [5, 5.41) is 0. The van der Waals surface area contributed by atoms with Crippen molar-refractivity contribution in [1.82, 2.24) is 4.90 Å². The molecule has 168 valence electrons. The summed E-state index contributed by atoms with van der Waals surface area (Å²) in [6.45, 7) is 2.27. The van der Waals surface area contributed by atoms with Crippen molar-refractivity contribution in [2.24, 2.45) is 0 Å². The second-order valence-corrected chi connectivity index (χ2v) is 8.41. The lowest BCUT2D eigenvalue weighted by atomic mass is 10.1. The summed E-state index contributed by atoms with van der Waals surface area (Å²) in [7, 11) is 0.375. The summed E-state index contributed by atoms with van der Waals surface area (Å²) >= 11 is 0.